The minimum Gasteiger partial charge on any atom is -0.499 e. The highest BCUT2D eigenvalue weighted by molar-refractivity contribution is 5.81. The van der Waals surface area contributed by atoms with Gasteiger partial charge in [-0.3, -0.25) is 0 Å². The van der Waals surface area contributed by atoms with E-state index in [2.05, 4.69) is 4.74 Å². The van der Waals surface area contributed by atoms with E-state index < -0.39 is 5.97 Å². The SMILES string of the molecule is CCOC(=O)C=COCCOC. The number of methoxy groups -OCH3 is 1. The normalized spacial score (nSPS) is 10.2. The van der Waals surface area contributed by atoms with Crippen molar-refractivity contribution in [3.63, 3.8) is 0 Å². The molecule has 0 aliphatic rings. The van der Waals surface area contributed by atoms with E-state index in [1.54, 1.807) is 14.0 Å². The summed E-state index contributed by atoms with van der Waals surface area (Å²) in [6.45, 7) is 3.07. The number of rotatable bonds is 6. The minimum atomic E-state index is -0.394. The molecule has 0 unspecified atom stereocenters. The number of hydrogen-bond acceptors (Lipinski definition) is 4. The molecule has 0 atom stereocenters. The van der Waals surface area contributed by atoms with E-state index in [-0.39, 0.29) is 0 Å². The van der Waals surface area contributed by atoms with Crippen LogP contribution in [0, 0.1) is 0 Å². The molecule has 0 bridgehead atoms. The first-order valence-corrected chi connectivity index (χ1v) is 3.75. The van der Waals surface area contributed by atoms with E-state index in [0.717, 1.165) is 0 Å². The lowest BCUT2D eigenvalue weighted by Crippen LogP contribution is -2.01. The van der Waals surface area contributed by atoms with Gasteiger partial charge in [-0.2, -0.15) is 0 Å². The van der Waals surface area contributed by atoms with Crippen molar-refractivity contribution in [1.82, 2.24) is 0 Å². The molecule has 0 amide bonds. The zero-order valence-corrected chi connectivity index (χ0v) is 7.41. The lowest BCUT2D eigenvalue weighted by atomic mass is 10.6. The fourth-order valence-electron chi connectivity index (χ4n) is 0.494. The van der Waals surface area contributed by atoms with Crippen LogP contribution in [0.25, 0.3) is 0 Å². The first kappa shape index (κ1) is 11.0. The number of carbonyl (C=O) groups excluding carboxylic acids is 1. The number of esters is 1. The third-order valence-corrected chi connectivity index (χ3v) is 0.992. The fourth-order valence-corrected chi connectivity index (χ4v) is 0.494. The van der Waals surface area contributed by atoms with Gasteiger partial charge in [0.15, 0.2) is 0 Å². The summed E-state index contributed by atoms with van der Waals surface area (Å²) in [6, 6.07) is 0. The summed E-state index contributed by atoms with van der Waals surface area (Å²) in [5, 5.41) is 0. The lowest BCUT2D eigenvalue weighted by molar-refractivity contribution is -0.137. The molecule has 4 heteroatoms. The van der Waals surface area contributed by atoms with Gasteiger partial charge in [0.1, 0.15) is 6.61 Å². The molecule has 0 aromatic heterocycles. The molecule has 0 saturated carbocycles. The quantitative estimate of drug-likeness (QED) is 0.258. The number of carbonyl (C=O) groups is 1. The number of hydrogen-bond donors (Lipinski definition) is 0. The van der Waals surface area contributed by atoms with Crippen LogP contribution in [0.1, 0.15) is 6.92 Å². The highest BCUT2D eigenvalue weighted by Crippen LogP contribution is 1.83. The molecule has 0 aromatic rings. The average molecular weight is 174 g/mol. The molecule has 0 aromatic carbocycles. The molecule has 0 aliphatic heterocycles. The first-order valence-electron chi connectivity index (χ1n) is 3.75. The molecule has 0 heterocycles. The molecular formula is C8H14O4. The van der Waals surface area contributed by atoms with Gasteiger partial charge in [-0.05, 0) is 6.92 Å². The molecule has 0 N–H and O–H groups in total. The summed E-state index contributed by atoms with van der Waals surface area (Å²) in [5.41, 5.74) is 0. The third kappa shape index (κ3) is 7.08. The molecule has 12 heavy (non-hydrogen) atoms. The van der Waals surface area contributed by atoms with Crippen molar-refractivity contribution in [2.45, 2.75) is 6.92 Å². The van der Waals surface area contributed by atoms with Crippen molar-refractivity contribution >= 4 is 5.97 Å². The Morgan fingerprint density at radius 2 is 2.17 bits per heavy atom. The lowest BCUT2D eigenvalue weighted by Gasteiger charge is -1.98. The van der Waals surface area contributed by atoms with Crippen LogP contribution in [0.15, 0.2) is 12.3 Å². The Hall–Kier alpha value is -1.03. The molecule has 4 nitrogen and oxygen atoms in total. The van der Waals surface area contributed by atoms with Crippen LogP contribution in [-0.2, 0) is 19.0 Å². The van der Waals surface area contributed by atoms with Gasteiger partial charge in [0.05, 0.1) is 25.6 Å². The maximum Gasteiger partial charge on any atom is 0.333 e. The Labute approximate surface area is 72.1 Å². The van der Waals surface area contributed by atoms with Gasteiger partial charge < -0.3 is 14.2 Å². The van der Waals surface area contributed by atoms with Crippen molar-refractivity contribution in [3.05, 3.63) is 12.3 Å². The molecule has 0 spiro atoms. The van der Waals surface area contributed by atoms with Crippen LogP contribution >= 0.6 is 0 Å². The van der Waals surface area contributed by atoms with Gasteiger partial charge in [-0.25, -0.2) is 4.79 Å². The van der Waals surface area contributed by atoms with Gasteiger partial charge in [-0.1, -0.05) is 0 Å². The monoisotopic (exact) mass is 174 g/mol. The van der Waals surface area contributed by atoms with Crippen LogP contribution in [-0.4, -0.2) is 32.9 Å². The Morgan fingerprint density at radius 1 is 1.42 bits per heavy atom. The largest absolute Gasteiger partial charge is 0.499 e. The van der Waals surface area contributed by atoms with Crippen molar-refractivity contribution in [2.24, 2.45) is 0 Å². The van der Waals surface area contributed by atoms with Crippen LogP contribution < -0.4 is 0 Å². The van der Waals surface area contributed by atoms with Crippen molar-refractivity contribution < 1.29 is 19.0 Å². The maximum absolute atomic E-state index is 10.7. The highest BCUT2D eigenvalue weighted by atomic mass is 16.5. The van der Waals surface area contributed by atoms with Gasteiger partial charge in [0, 0.05) is 7.11 Å². The predicted octanol–water partition coefficient (Wildman–Crippen LogP) is 0.726. The summed E-state index contributed by atoms with van der Waals surface area (Å²) < 4.78 is 14.2. The van der Waals surface area contributed by atoms with E-state index in [4.69, 9.17) is 9.47 Å². The smallest absolute Gasteiger partial charge is 0.333 e. The molecule has 0 fully saturated rings. The Bertz CT molecular complexity index is 142. The Morgan fingerprint density at radius 3 is 2.75 bits per heavy atom. The van der Waals surface area contributed by atoms with Gasteiger partial charge in [-0.15, -0.1) is 0 Å². The molecule has 70 valence electrons. The number of ether oxygens (including phenoxy) is 3. The van der Waals surface area contributed by atoms with Gasteiger partial charge in [0.25, 0.3) is 0 Å². The standard InChI is InChI=1S/C8H14O4/c1-3-12-8(9)4-5-11-7-6-10-2/h4-5H,3,6-7H2,1-2H3. The summed E-state index contributed by atoms with van der Waals surface area (Å²) in [4.78, 5) is 10.7. The fraction of sp³-hybridized carbons (Fsp3) is 0.625. The molecule has 0 rings (SSSR count). The zero-order chi connectivity index (χ0) is 9.23. The Kier molecular flexibility index (Phi) is 7.38. The first-order chi connectivity index (χ1) is 5.81. The van der Waals surface area contributed by atoms with Crippen LogP contribution in [0.3, 0.4) is 0 Å². The van der Waals surface area contributed by atoms with Gasteiger partial charge in [0.2, 0.25) is 0 Å². The van der Waals surface area contributed by atoms with E-state index in [1.165, 1.54) is 12.3 Å². The van der Waals surface area contributed by atoms with Crippen LogP contribution in [0.5, 0.6) is 0 Å². The minimum absolute atomic E-state index is 0.376. The molecule has 0 radical (unpaired) electrons. The second kappa shape index (κ2) is 8.07. The van der Waals surface area contributed by atoms with E-state index in [9.17, 15) is 4.79 Å². The summed E-state index contributed by atoms with van der Waals surface area (Å²) in [7, 11) is 1.58. The van der Waals surface area contributed by atoms with Gasteiger partial charge >= 0.3 is 5.97 Å². The predicted molar refractivity (Wildman–Crippen MR) is 43.6 cm³/mol. The van der Waals surface area contributed by atoms with Crippen molar-refractivity contribution in [1.29, 1.82) is 0 Å². The average Bonchev–Trinajstić information content (AvgIpc) is 2.05. The topological polar surface area (TPSA) is 44.8 Å². The van der Waals surface area contributed by atoms with Crippen LogP contribution in [0.4, 0.5) is 0 Å². The van der Waals surface area contributed by atoms with E-state index in [1.807, 2.05) is 0 Å². The molecule has 0 aliphatic carbocycles. The summed E-state index contributed by atoms with van der Waals surface area (Å²) >= 11 is 0. The van der Waals surface area contributed by atoms with Crippen molar-refractivity contribution in [2.75, 3.05) is 26.9 Å². The second-order valence-electron chi connectivity index (χ2n) is 1.92. The molecule has 0 saturated heterocycles. The summed E-state index contributed by atoms with van der Waals surface area (Å²) in [5.74, 6) is -0.394. The molecular weight excluding hydrogens is 160 g/mol. The van der Waals surface area contributed by atoms with E-state index in [0.29, 0.717) is 19.8 Å². The van der Waals surface area contributed by atoms with Crippen LogP contribution in [0.2, 0.25) is 0 Å². The Balaban J connectivity index is 3.29. The zero-order valence-electron chi connectivity index (χ0n) is 7.41. The summed E-state index contributed by atoms with van der Waals surface area (Å²) in [6.07, 6.45) is 2.54. The maximum atomic E-state index is 10.7. The second-order valence-corrected chi connectivity index (χ2v) is 1.92. The van der Waals surface area contributed by atoms with Crippen molar-refractivity contribution in [3.8, 4) is 0 Å². The highest BCUT2D eigenvalue weighted by Gasteiger charge is 1.91. The third-order valence-electron chi connectivity index (χ3n) is 0.992. The van der Waals surface area contributed by atoms with E-state index >= 15 is 0 Å².